The second kappa shape index (κ2) is 7.22. The van der Waals surface area contributed by atoms with Crippen molar-refractivity contribution < 1.29 is 38.1 Å². The quantitative estimate of drug-likeness (QED) is 0.455. The summed E-state index contributed by atoms with van der Waals surface area (Å²) in [5.74, 6) is -6.55. The van der Waals surface area contributed by atoms with Crippen molar-refractivity contribution in [1.29, 1.82) is 0 Å². The highest BCUT2D eigenvalue weighted by Crippen LogP contribution is 2.26. The lowest BCUT2D eigenvalue weighted by Crippen LogP contribution is -2.50. The van der Waals surface area contributed by atoms with E-state index < -0.39 is 36.5 Å². The van der Waals surface area contributed by atoms with Crippen LogP contribution in [0.5, 0.6) is 0 Å². The van der Waals surface area contributed by atoms with Gasteiger partial charge in [-0.15, -0.1) is 0 Å². The third-order valence-corrected chi connectivity index (χ3v) is 3.19. The molecule has 26 heavy (non-hydrogen) atoms. The molecule has 0 atom stereocenters. The Morgan fingerprint density at radius 3 is 1.88 bits per heavy atom. The van der Waals surface area contributed by atoms with E-state index in [-0.39, 0.29) is 22.3 Å². The monoisotopic (exact) mass is 360 g/mol. The van der Waals surface area contributed by atoms with Crippen LogP contribution in [0.4, 0.5) is 0 Å². The van der Waals surface area contributed by atoms with Gasteiger partial charge in [0.05, 0.1) is 11.1 Å². The van der Waals surface area contributed by atoms with Crippen LogP contribution in [0.15, 0.2) is 48.6 Å². The maximum Gasteiger partial charge on any atom is 0.460 e. The third kappa shape index (κ3) is 3.97. The number of cyclic esters (lactones) is 2. The molecule has 0 saturated heterocycles. The molecule has 0 radical (unpaired) electrons. The molecule has 0 N–H and O–H groups in total. The van der Waals surface area contributed by atoms with Crippen molar-refractivity contribution in [2.45, 2.75) is 19.8 Å². The summed E-state index contributed by atoms with van der Waals surface area (Å²) in [7, 11) is 0. The molecule has 0 aromatic heterocycles. The van der Waals surface area contributed by atoms with Gasteiger partial charge in [0.2, 0.25) is 6.61 Å². The van der Waals surface area contributed by atoms with Crippen LogP contribution in [0.2, 0.25) is 0 Å². The van der Waals surface area contributed by atoms with Crippen molar-refractivity contribution in [3.8, 4) is 0 Å². The number of hydrogen-bond acceptors (Lipinski definition) is 8. The number of carbonyl (C=O) groups is 4. The van der Waals surface area contributed by atoms with Crippen LogP contribution < -0.4 is 0 Å². The SMILES string of the molecule is C=C(C)C(=O)OC1(OC(=O)C(=C)C)COC(=O)c2ccccc2C(=O)O1. The fourth-order valence-corrected chi connectivity index (χ4v) is 1.87. The number of ether oxygens (including phenoxy) is 4. The fraction of sp³-hybridized carbons (Fsp3) is 0.222. The summed E-state index contributed by atoms with van der Waals surface area (Å²) in [5.41, 5.74) is -0.288. The van der Waals surface area contributed by atoms with Crippen LogP contribution in [-0.4, -0.2) is 36.5 Å². The van der Waals surface area contributed by atoms with Gasteiger partial charge in [0, 0.05) is 11.1 Å². The summed E-state index contributed by atoms with van der Waals surface area (Å²) in [6, 6.07) is 5.71. The number of rotatable bonds is 4. The Labute approximate surface area is 149 Å². The van der Waals surface area contributed by atoms with Crippen LogP contribution in [-0.2, 0) is 28.5 Å². The Morgan fingerprint density at radius 2 is 1.42 bits per heavy atom. The molecule has 0 bridgehead atoms. The highest BCUT2D eigenvalue weighted by atomic mass is 16.9. The molecule has 0 aliphatic carbocycles. The predicted octanol–water partition coefficient (Wildman–Crippen LogP) is 1.91. The van der Waals surface area contributed by atoms with E-state index in [0.717, 1.165) is 0 Å². The van der Waals surface area contributed by atoms with Crippen molar-refractivity contribution >= 4 is 23.9 Å². The average Bonchev–Trinajstić information content (AvgIpc) is 2.58. The smallest absolute Gasteiger partial charge is 0.449 e. The standard InChI is InChI=1S/C18H16O8/c1-10(2)14(19)24-18(25-15(20)11(3)4)9-23-16(21)12-7-5-6-8-13(12)17(22)26-18/h5-8H,1,3,9H2,2,4H3. The highest BCUT2D eigenvalue weighted by molar-refractivity contribution is 6.03. The Hall–Kier alpha value is -3.42. The fourth-order valence-electron chi connectivity index (χ4n) is 1.87. The Bertz CT molecular complexity index is 792. The van der Waals surface area contributed by atoms with E-state index in [9.17, 15) is 19.2 Å². The van der Waals surface area contributed by atoms with Crippen LogP contribution in [0.3, 0.4) is 0 Å². The summed E-state index contributed by atoms with van der Waals surface area (Å²) in [6.07, 6.45) is 0. The summed E-state index contributed by atoms with van der Waals surface area (Å²) < 4.78 is 20.1. The van der Waals surface area contributed by atoms with Crippen molar-refractivity contribution in [3.05, 3.63) is 59.7 Å². The molecule has 8 nitrogen and oxygen atoms in total. The second-order valence-corrected chi connectivity index (χ2v) is 5.53. The second-order valence-electron chi connectivity index (χ2n) is 5.53. The van der Waals surface area contributed by atoms with Crippen molar-refractivity contribution in [2.75, 3.05) is 6.61 Å². The molecule has 1 heterocycles. The molecule has 0 fully saturated rings. The zero-order valence-electron chi connectivity index (χ0n) is 14.2. The summed E-state index contributed by atoms with van der Waals surface area (Å²) in [6.45, 7) is 8.61. The summed E-state index contributed by atoms with van der Waals surface area (Å²) in [5, 5.41) is 0. The molecular formula is C18H16O8. The molecule has 0 spiro atoms. The zero-order valence-corrected chi connectivity index (χ0v) is 14.2. The van der Waals surface area contributed by atoms with E-state index in [1.54, 1.807) is 0 Å². The Kier molecular flexibility index (Phi) is 5.25. The summed E-state index contributed by atoms with van der Waals surface area (Å²) >= 11 is 0. The lowest BCUT2D eigenvalue weighted by Gasteiger charge is -2.32. The van der Waals surface area contributed by atoms with Crippen LogP contribution in [0, 0.1) is 0 Å². The molecule has 0 unspecified atom stereocenters. The van der Waals surface area contributed by atoms with E-state index in [4.69, 9.17) is 18.9 Å². The normalized spacial score (nSPS) is 15.3. The molecule has 1 aromatic rings. The van der Waals surface area contributed by atoms with Gasteiger partial charge in [0.1, 0.15) is 0 Å². The zero-order chi connectivity index (χ0) is 19.5. The lowest BCUT2D eigenvalue weighted by atomic mass is 10.1. The number of hydrogen-bond donors (Lipinski definition) is 0. The third-order valence-electron chi connectivity index (χ3n) is 3.19. The van der Waals surface area contributed by atoms with E-state index in [1.165, 1.54) is 38.1 Å². The maximum absolute atomic E-state index is 12.5. The predicted molar refractivity (Wildman–Crippen MR) is 86.7 cm³/mol. The maximum atomic E-state index is 12.5. The molecule has 0 amide bonds. The minimum atomic E-state index is -2.60. The molecular weight excluding hydrogens is 344 g/mol. The first-order chi connectivity index (χ1) is 12.1. The summed E-state index contributed by atoms with van der Waals surface area (Å²) in [4.78, 5) is 48.5. The number of benzene rings is 1. The van der Waals surface area contributed by atoms with Gasteiger partial charge in [-0.1, -0.05) is 25.3 Å². The van der Waals surface area contributed by atoms with Gasteiger partial charge >= 0.3 is 29.9 Å². The van der Waals surface area contributed by atoms with Gasteiger partial charge in [-0.3, -0.25) is 0 Å². The van der Waals surface area contributed by atoms with Crippen molar-refractivity contribution in [1.82, 2.24) is 0 Å². The minimum Gasteiger partial charge on any atom is -0.449 e. The molecule has 136 valence electrons. The minimum absolute atomic E-state index is 0.0384. The molecule has 1 aliphatic heterocycles. The molecule has 1 aromatic carbocycles. The number of fused-ring (bicyclic) bond motifs is 1. The van der Waals surface area contributed by atoms with E-state index in [2.05, 4.69) is 13.2 Å². The molecule has 2 rings (SSSR count). The van der Waals surface area contributed by atoms with E-state index in [1.807, 2.05) is 0 Å². The van der Waals surface area contributed by atoms with E-state index in [0.29, 0.717) is 0 Å². The average molecular weight is 360 g/mol. The Balaban J connectivity index is 2.47. The number of esters is 4. The van der Waals surface area contributed by atoms with Crippen molar-refractivity contribution in [2.24, 2.45) is 0 Å². The van der Waals surface area contributed by atoms with Gasteiger partial charge in [-0.2, -0.15) is 0 Å². The molecule has 8 heteroatoms. The van der Waals surface area contributed by atoms with Crippen LogP contribution in [0.1, 0.15) is 34.6 Å². The Morgan fingerprint density at radius 1 is 0.962 bits per heavy atom. The molecule has 1 aliphatic rings. The van der Waals surface area contributed by atoms with Gasteiger partial charge < -0.3 is 18.9 Å². The van der Waals surface area contributed by atoms with Gasteiger partial charge in [-0.05, 0) is 26.0 Å². The largest absolute Gasteiger partial charge is 0.460 e. The van der Waals surface area contributed by atoms with Crippen LogP contribution in [0.25, 0.3) is 0 Å². The first-order valence-corrected chi connectivity index (χ1v) is 7.42. The topological polar surface area (TPSA) is 105 Å². The highest BCUT2D eigenvalue weighted by Gasteiger charge is 2.48. The van der Waals surface area contributed by atoms with E-state index >= 15 is 0 Å². The van der Waals surface area contributed by atoms with Crippen molar-refractivity contribution in [3.63, 3.8) is 0 Å². The molecule has 0 saturated carbocycles. The number of carbonyl (C=O) groups excluding carboxylic acids is 4. The van der Waals surface area contributed by atoms with Gasteiger partial charge in [0.15, 0.2) is 0 Å². The first kappa shape index (κ1) is 18.9. The first-order valence-electron chi connectivity index (χ1n) is 7.42. The lowest BCUT2D eigenvalue weighted by molar-refractivity contribution is -0.330. The van der Waals surface area contributed by atoms with Crippen LogP contribution >= 0.6 is 0 Å². The van der Waals surface area contributed by atoms with Gasteiger partial charge in [-0.25, -0.2) is 19.2 Å². The van der Waals surface area contributed by atoms with Gasteiger partial charge in [0.25, 0.3) is 0 Å².